The van der Waals surface area contributed by atoms with Crippen molar-refractivity contribution in [3.63, 3.8) is 0 Å². The molecule has 1 atom stereocenters. The van der Waals surface area contributed by atoms with Crippen LogP contribution in [0.3, 0.4) is 0 Å². The number of rotatable bonds is 9. The third-order valence-corrected chi connectivity index (χ3v) is 5.77. The predicted octanol–water partition coefficient (Wildman–Crippen LogP) is 3.37. The summed E-state index contributed by atoms with van der Waals surface area (Å²) >= 11 is 0. The molecule has 168 valence electrons. The average Bonchev–Trinajstić information content (AvgIpc) is 2.70. The lowest BCUT2D eigenvalue weighted by Crippen LogP contribution is -2.48. The number of amides is 3. The zero-order valence-electron chi connectivity index (χ0n) is 18.4. The minimum absolute atomic E-state index is 0.0401. The molecule has 0 aromatic heterocycles. The smallest absolute Gasteiger partial charge is 0.338 e. The summed E-state index contributed by atoms with van der Waals surface area (Å²) in [4.78, 5) is 39.3. The number of ether oxygens (including phenoxy) is 2. The molecule has 1 aromatic carbocycles. The number of methoxy groups -OCH3 is 1. The third kappa shape index (κ3) is 5.25. The van der Waals surface area contributed by atoms with Gasteiger partial charge in [-0.25, -0.2) is 9.59 Å². The number of anilines is 1. The first-order valence-corrected chi connectivity index (χ1v) is 10.8. The van der Waals surface area contributed by atoms with E-state index in [9.17, 15) is 14.4 Å². The third-order valence-electron chi connectivity index (χ3n) is 5.77. The van der Waals surface area contributed by atoms with Crippen molar-refractivity contribution in [1.82, 2.24) is 10.2 Å². The second-order valence-corrected chi connectivity index (χ2v) is 7.90. The van der Waals surface area contributed by atoms with Gasteiger partial charge in [0.05, 0.1) is 18.2 Å². The minimum atomic E-state index is -0.632. The van der Waals surface area contributed by atoms with E-state index < -0.39 is 12.0 Å². The molecule has 3 amide bonds. The first-order valence-electron chi connectivity index (χ1n) is 10.8. The molecule has 8 nitrogen and oxygen atoms in total. The van der Waals surface area contributed by atoms with Crippen molar-refractivity contribution in [2.24, 2.45) is 5.92 Å². The zero-order valence-corrected chi connectivity index (χ0v) is 18.4. The molecule has 8 heteroatoms. The molecule has 1 saturated carbocycles. The van der Waals surface area contributed by atoms with Crippen molar-refractivity contribution in [3.8, 4) is 0 Å². The Kier molecular flexibility index (Phi) is 7.68. The number of hydrogen-bond donors (Lipinski definition) is 2. The standard InChI is InChI=1S/C23H31N3O5/c1-4-12-26-15(2)19(22(28)31-14-13-30-3)20(25-23(26)29)16-8-10-18(11-9-16)24-21(27)17-6-5-7-17/h8-11,17,20H,4-7,12-14H2,1-3H3,(H,24,27)(H,25,29). The molecule has 2 aliphatic rings. The topological polar surface area (TPSA) is 97.0 Å². The quantitative estimate of drug-likeness (QED) is 0.463. The van der Waals surface area contributed by atoms with E-state index in [2.05, 4.69) is 10.6 Å². The van der Waals surface area contributed by atoms with E-state index in [1.54, 1.807) is 24.0 Å². The Morgan fingerprint density at radius 3 is 2.48 bits per heavy atom. The fraction of sp³-hybridized carbons (Fsp3) is 0.522. The first-order chi connectivity index (χ1) is 15.0. The first kappa shape index (κ1) is 22.8. The molecule has 1 unspecified atom stereocenters. The van der Waals surface area contributed by atoms with Gasteiger partial charge in [-0.2, -0.15) is 0 Å². The number of carbonyl (C=O) groups excluding carboxylic acids is 3. The lowest BCUT2D eigenvalue weighted by Gasteiger charge is -2.35. The summed E-state index contributed by atoms with van der Waals surface area (Å²) in [5.41, 5.74) is 2.42. The number of esters is 1. The van der Waals surface area contributed by atoms with Gasteiger partial charge in [0.25, 0.3) is 0 Å². The Hall–Kier alpha value is -2.87. The zero-order chi connectivity index (χ0) is 22.4. The maximum Gasteiger partial charge on any atom is 0.338 e. The number of benzene rings is 1. The molecule has 0 saturated heterocycles. The van der Waals surface area contributed by atoms with E-state index >= 15 is 0 Å². The molecule has 31 heavy (non-hydrogen) atoms. The van der Waals surface area contributed by atoms with E-state index in [0.29, 0.717) is 30.1 Å². The predicted molar refractivity (Wildman–Crippen MR) is 116 cm³/mol. The Balaban J connectivity index is 1.83. The van der Waals surface area contributed by atoms with Gasteiger partial charge in [-0.15, -0.1) is 0 Å². The Morgan fingerprint density at radius 1 is 1.19 bits per heavy atom. The van der Waals surface area contributed by atoms with Crippen LogP contribution in [0, 0.1) is 5.92 Å². The Labute approximate surface area is 183 Å². The van der Waals surface area contributed by atoms with Crippen LogP contribution in [0.25, 0.3) is 0 Å². The van der Waals surface area contributed by atoms with Crippen molar-refractivity contribution in [2.45, 2.75) is 45.6 Å². The van der Waals surface area contributed by atoms with Gasteiger partial charge in [0.2, 0.25) is 5.91 Å². The highest BCUT2D eigenvalue weighted by Gasteiger charge is 2.36. The molecular weight excluding hydrogens is 398 g/mol. The van der Waals surface area contributed by atoms with Crippen molar-refractivity contribution < 1.29 is 23.9 Å². The van der Waals surface area contributed by atoms with E-state index in [4.69, 9.17) is 9.47 Å². The summed E-state index contributed by atoms with van der Waals surface area (Å²) < 4.78 is 10.3. The lowest BCUT2D eigenvalue weighted by molar-refractivity contribution is -0.141. The van der Waals surface area contributed by atoms with Crippen LogP contribution in [0.4, 0.5) is 10.5 Å². The van der Waals surface area contributed by atoms with Crippen LogP contribution in [0.1, 0.15) is 51.1 Å². The van der Waals surface area contributed by atoms with E-state index in [1.807, 2.05) is 19.1 Å². The van der Waals surface area contributed by atoms with Crippen LogP contribution in [-0.2, 0) is 19.1 Å². The highest BCUT2D eigenvalue weighted by molar-refractivity contribution is 5.95. The average molecular weight is 430 g/mol. The summed E-state index contributed by atoms with van der Waals surface area (Å²) in [6.45, 7) is 4.67. The molecule has 2 N–H and O–H groups in total. The van der Waals surface area contributed by atoms with Crippen LogP contribution >= 0.6 is 0 Å². The van der Waals surface area contributed by atoms with E-state index in [-0.39, 0.29) is 24.5 Å². The van der Waals surface area contributed by atoms with Gasteiger partial charge in [0.1, 0.15) is 6.61 Å². The Morgan fingerprint density at radius 2 is 1.90 bits per heavy atom. The summed E-state index contributed by atoms with van der Waals surface area (Å²) in [5.74, 6) is -0.345. The number of nitrogens with zero attached hydrogens (tertiary/aromatic N) is 1. The van der Waals surface area contributed by atoms with Gasteiger partial charge in [-0.1, -0.05) is 25.5 Å². The molecule has 1 aliphatic carbocycles. The molecule has 1 heterocycles. The van der Waals surface area contributed by atoms with Crippen molar-refractivity contribution >= 4 is 23.6 Å². The Bertz CT molecular complexity index is 845. The van der Waals surface area contributed by atoms with Gasteiger partial charge in [-0.05, 0) is 43.9 Å². The second kappa shape index (κ2) is 10.4. The number of urea groups is 1. The number of carbonyl (C=O) groups is 3. The molecule has 0 radical (unpaired) electrons. The van der Waals surface area contributed by atoms with Gasteiger partial charge in [0.15, 0.2) is 0 Å². The summed E-state index contributed by atoms with van der Waals surface area (Å²) in [6, 6.07) is 6.32. The highest BCUT2D eigenvalue weighted by Crippen LogP contribution is 2.32. The van der Waals surface area contributed by atoms with Crippen LogP contribution in [0.2, 0.25) is 0 Å². The SMILES string of the molecule is CCCN1C(=O)NC(c2ccc(NC(=O)C3CCC3)cc2)C(C(=O)OCCOC)=C1C. The highest BCUT2D eigenvalue weighted by atomic mass is 16.6. The van der Waals surface area contributed by atoms with Crippen molar-refractivity contribution in [2.75, 3.05) is 32.2 Å². The fourth-order valence-corrected chi connectivity index (χ4v) is 3.76. The molecule has 1 aliphatic heterocycles. The van der Waals surface area contributed by atoms with Crippen LogP contribution < -0.4 is 10.6 Å². The van der Waals surface area contributed by atoms with Gasteiger partial charge in [0, 0.05) is 31.0 Å². The summed E-state index contributed by atoms with van der Waals surface area (Å²) in [6.07, 6.45) is 3.73. The van der Waals surface area contributed by atoms with E-state index in [0.717, 1.165) is 31.2 Å². The van der Waals surface area contributed by atoms with Crippen molar-refractivity contribution in [1.29, 1.82) is 0 Å². The lowest BCUT2D eigenvalue weighted by atomic mass is 9.85. The molecule has 0 bridgehead atoms. The summed E-state index contributed by atoms with van der Waals surface area (Å²) in [7, 11) is 1.54. The largest absolute Gasteiger partial charge is 0.460 e. The van der Waals surface area contributed by atoms with Gasteiger partial charge in [-0.3, -0.25) is 9.69 Å². The van der Waals surface area contributed by atoms with Crippen LogP contribution in [0.5, 0.6) is 0 Å². The number of nitrogens with one attached hydrogen (secondary N) is 2. The maximum absolute atomic E-state index is 12.9. The van der Waals surface area contributed by atoms with E-state index in [1.165, 1.54) is 7.11 Å². The van der Waals surface area contributed by atoms with Crippen LogP contribution in [0.15, 0.2) is 35.5 Å². The normalized spacial score (nSPS) is 19.0. The molecule has 1 aromatic rings. The minimum Gasteiger partial charge on any atom is -0.460 e. The number of hydrogen-bond acceptors (Lipinski definition) is 5. The van der Waals surface area contributed by atoms with Gasteiger partial charge < -0.3 is 20.1 Å². The molecule has 3 rings (SSSR count). The maximum atomic E-state index is 12.9. The van der Waals surface area contributed by atoms with Crippen LogP contribution in [-0.4, -0.2) is 49.7 Å². The van der Waals surface area contributed by atoms with Gasteiger partial charge >= 0.3 is 12.0 Å². The van der Waals surface area contributed by atoms with Crippen molar-refractivity contribution in [3.05, 3.63) is 41.1 Å². The molecule has 0 spiro atoms. The molecule has 1 fully saturated rings. The monoisotopic (exact) mass is 429 g/mol. The fourth-order valence-electron chi connectivity index (χ4n) is 3.76. The molecular formula is C23H31N3O5. The number of allylic oxidation sites excluding steroid dienone is 1. The summed E-state index contributed by atoms with van der Waals surface area (Å²) in [5, 5.41) is 5.86. The second-order valence-electron chi connectivity index (χ2n) is 7.90.